The highest BCUT2D eigenvalue weighted by Gasteiger charge is 2.07. The van der Waals surface area contributed by atoms with Crippen LogP contribution < -0.4 is 10.1 Å². The van der Waals surface area contributed by atoms with Crippen molar-refractivity contribution >= 4 is 33.2 Å². The summed E-state index contributed by atoms with van der Waals surface area (Å²) in [6.07, 6.45) is 0.996. The molecule has 0 unspecified atom stereocenters. The second-order valence-corrected chi connectivity index (χ2v) is 6.19. The van der Waals surface area contributed by atoms with Crippen molar-refractivity contribution in [2.45, 2.75) is 26.8 Å². The van der Waals surface area contributed by atoms with Gasteiger partial charge in [-0.25, -0.2) is 0 Å². The summed E-state index contributed by atoms with van der Waals surface area (Å²) in [6, 6.07) is 12.0. The molecular weight excluding hydrogens is 350 g/mol. The van der Waals surface area contributed by atoms with Crippen molar-refractivity contribution in [1.82, 2.24) is 0 Å². The molecule has 0 saturated carbocycles. The van der Waals surface area contributed by atoms with Crippen LogP contribution in [0.2, 0.25) is 5.02 Å². The Morgan fingerprint density at radius 1 is 1.24 bits per heavy atom. The number of ether oxygens (including phenoxy) is 1. The number of hydrogen-bond donors (Lipinski definition) is 1. The number of halogens is 2. The lowest BCUT2D eigenvalue weighted by Crippen LogP contribution is -2.05. The fourth-order valence-corrected chi connectivity index (χ4v) is 2.61. The number of hydrogen-bond acceptors (Lipinski definition) is 2. The molecule has 0 aliphatic heterocycles. The molecule has 2 aromatic rings. The lowest BCUT2D eigenvalue weighted by atomic mass is 10.1. The molecule has 112 valence electrons. The van der Waals surface area contributed by atoms with E-state index in [0.717, 1.165) is 45.1 Å². The SMILES string of the molecule is CCCOc1ccc(Br)cc1CNc1cccc(Cl)c1C. The van der Waals surface area contributed by atoms with Crippen LogP contribution in [0.15, 0.2) is 40.9 Å². The first-order valence-corrected chi connectivity index (χ1v) is 8.19. The second-order valence-electron chi connectivity index (χ2n) is 4.87. The molecule has 1 N–H and O–H groups in total. The third-order valence-electron chi connectivity index (χ3n) is 3.22. The smallest absolute Gasteiger partial charge is 0.124 e. The van der Waals surface area contributed by atoms with Gasteiger partial charge in [-0.2, -0.15) is 0 Å². The standard InChI is InChI=1S/C17H19BrClNO/c1-3-9-21-17-8-7-14(18)10-13(17)11-20-16-6-4-5-15(19)12(16)2/h4-8,10,20H,3,9,11H2,1-2H3. The third-order valence-corrected chi connectivity index (χ3v) is 4.12. The van der Waals surface area contributed by atoms with E-state index in [9.17, 15) is 0 Å². The van der Waals surface area contributed by atoms with Gasteiger partial charge < -0.3 is 10.1 Å². The Labute approximate surface area is 139 Å². The molecule has 21 heavy (non-hydrogen) atoms. The lowest BCUT2D eigenvalue weighted by Gasteiger charge is -2.14. The largest absolute Gasteiger partial charge is 0.493 e. The molecule has 0 spiro atoms. The highest BCUT2D eigenvalue weighted by molar-refractivity contribution is 9.10. The fraction of sp³-hybridized carbons (Fsp3) is 0.294. The molecule has 4 heteroatoms. The van der Waals surface area contributed by atoms with Gasteiger partial charge in [-0.05, 0) is 49.2 Å². The zero-order chi connectivity index (χ0) is 15.2. The van der Waals surface area contributed by atoms with Gasteiger partial charge in [-0.3, -0.25) is 0 Å². The highest BCUT2D eigenvalue weighted by Crippen LogP contribution is 2.27. The van der Waals surface area contributed by atoms with Crippen molar-refractivity contribution in [2.24, 2.45) is 0 Å². The minimum absolute atomic E-state index is 0.694. The molecule has 0 fully saturated rings. The van der Waals surface area contributed by atoms with E-state index in [2.05, 4.69) is 34.2 Å². The van der Waals surface area contributed by atoms with E-state index >= 15 is 0 Å². The summed E-state index contributed by atoms with van der Waals surface area (Å²) in [5, 5.41) is 4.20. The molecule has 0 amide bonds. The minimum Gasteiger partial charge on any atom is -0.493 e. The first-order valence-electron chi connectivity index (χ1n) is 7.02. The summed E-state index contributed by atoms with van der Waals surface area (Å²) in [5.74, 6) is 0.923. The molecule has 0 aliphatic carbocycles. The Balaban J connectivity index is 2.15. The van der Waals surface area contributed by atoms with Crippen molar-refractivity contribution in [3.05, 3.63) is 57.0 Å². The van der Waals surface area contributed by atoms with Crippen LogP contribution in [0, 0.1) is 6.92 Å². The molecule has 0 aromatic heterocycles. The third kappa shape index (κ3) is 4.39. The van der Waals surface area contributed by atoms with E-state index in [-0.39, 0.29) is 0 Å². The number of nitrogens with one attached hydrogen (secondary N) is 1. The van der Waals surface area contributed by atoms with Crippen LogP contribution in [0.1, 0.15) is 24.5 Å². The fourth-order valence-electron chi connectivity index (χ4n) is 2.03. The quantitative estimate of drug-likeness (QED) is 0.694. The predicted molar refractivity (Wildman–Crippen MR) is 93.4 cm³/mol. The molecule has 0 heterocycles. The van der Waals surface area contributed by atoms with E-state index in [4.69, 9.17) is 16.3 Å². The maximum Gasteiger partial charge on any atom is 0.124 e. The van der Waals surface area contributed by atoms with Gasteiger partial charge in [0.25, 0.3) is 0 Å². The second kappa shape index (κ2) is 7.71. The predicted octanol–water partition coefficient (Wildman–Crippen LogP) is 5.81. The van der Waals surface area contributed by atoms with E-state index in [0.29, 0.717) is 6.54 Å². The Morgan fingerprint density at radius 3 is 2.81 bits per heavy atom. The lowest BCUT2D eigenvalue weighted by molar-refractivity contribution is 0.314. The van der Waals surface area contributed by atoms with Crippen LogP contribution in [0.3, 0.4) is 0 Å². The maximum absolute atomic E-state index is 6.15. The Kier molecular flexibility index (Phi) is 5.95. The average molecular weight is 369 g/mol. The summed E-state index contributed by atoms with van der Waals surface area (Å²) in [5.41, 5.74) is 3.23. The summed E-state index contributed by atoms with van der Waals surface area (Å²) in [4.78, 5) is 0. The Bertz CT molecular complexity index is 616. The number of benzene rings is 2. The van der Waals surface area contributed by atoms with Crippen LogP contribution in [0.25, 0.3) is 0 Å². The van der Waals surface area contributed by atoms with Gasteiger partial charge in [-0.15, -0.1) is 0 Å². The summed E-state index contributed by atoms with van der Waals surface area (Å²) >= 11 is 9.66. The van der Waals surface area contributed by atoms with Gasteiger partial charge >= 0.3 is 0 Å². The molecule has 0 radical (unpaired) electrons. The zero-order valence-electron chi connectivity index (χ0n) is 12.2. The number of rotatable bonds is 6. The van der Waals surface area contributed by atoms with Gasteiger partial charge in [0.15, 0.2) is 0 Å². The Hall–Kier alpha value is -1.19. The van der Waals surface area contributed by atoms with Crippen LogP contribution in [0.5, 0.6) is 5.75 Å². The van der Waals surface area contributed by atoms with Crippen molar-refractivity contribution in [3.8, 4) is 5.75 Å². The summed E-state index contributed by atoms with van der Waals surface area (Å²) in [6.45, 7) is 5.54. The number of anilines is 1. The molecule has 0 bridgehead atoms. The molecular formula is C17H19BrClNO. The van der Waals surface area contributed by atoms with Crippen molar-refractivity contribution in [2.75, 3.05) is 11.9 Å². The zero-order valence-corrected chi connectivity index (χ0v) is 14.6. The highest BCUT2D eigenvalue weighted by atomic mass is 79.9. The van der Waals surface area contributed by atoms with Crippen LogP contribution in [-0.4, -0.2) is 6.61 Å². The monoisotopic (exact) mass is 367 g/mol. The molecule has 2 aromatic carbocycles. The van der Waals surface area contributed by atoms with Gasteiger partial charge in [0.2, 0.25) is 0 Å². The van der Waals surface area contributed by atoms with E-state index < -0.39 is 0 Å². The van der Waals surface area contributed by atoms with Crippen molar-refractivity contribution in [3.63, 3.8) is 0 Å². The first-order chi connectivity index (χ1) is 10.1. The molecule has 0 saturated heterocycles. The van der Waals surface area contributed by atoms with E-state index in [1.165, 1.54) is 0 Å². The van der Waals surface area contributed by atoms with Crippen LogP contribution >= 0.6 is 27.5 Å². The Morgan fingerprint density at radius 2 is 2.05 bits per heavy atom. The summed E-state index contributed by atoms with van der Waals surface area (Å²) in [7, 11) is 0. The van der Waals surface area contributed by atoms with Gasteiger partial charge in [-0.1, -0.05) is 40.5 Å². The van der Waals surface area contributed by atoms with E-state index in [1.54, 1.807) is 0 Å². The molecule has 0 atom stereocenters. The van der Waals surface area contributed by atoms with Crippen LogP contribution in [0.4, 0.5) is 5.69 Å². The minimum atomic E-state index is 0.694. The molecule has 2 nitrogen and oxygen atoms in total. The maximum atomic E-state index is 6.15. The summed E-state index contributed by atoms with van der Waals surface area (Å²) < 4.78 is 6.84. The van der Waals surface area contributed by atoms with Gasteiger partial charge in [0.1, 0.15) is 5.75 Å². The molecule has 0 aliphatic rings. The topological polar surface area (TPSA) is 21.3 Å². The first kappa shape index (κ1) is 16.2. The van der Waals surface area contributed by atoms with E-state index in [1.807, 2.05) is 37.3 Å². The molecule has 2 rings (SSSR count). The average Bonchev–Trinajstić information content (AvgIpc) is 2.48. The van der Waals surface area contributed by atoms with Crippen molar-refractivity contribution in [1.29, 1.82) is 0 Å². The van der Waals surface area contributed by atoms with Crippen LogP contribution in [-0.2, 0) is 6.54 Å². The van der Waals surface area contributed by atoms with Gasteiger partial charge in [0, 0.05) is 27.3 Å². The van der Waals surface area contributed by atoms with Crippen molar-refractivity contribution < 1.29 is 4.74 Å². The van der Waals surface area contributed by atoms with Gasteiger partial charge in [0.05, 0.1) is 6.61 Å². The normalized spacial score (nSPS) is 10.5.